The van der Waals surface area contributed by atoms with Crippen molar-refractivity contribution in [1.82, 2.24) is 5.32 Å². The molecule has 0 bridgehead atoms. The molecule has 0 aliphatic carbocycles. The first-order valence-electron chi connectivity index (χ1n) is 7.84. The first-order valence-corrected chi connectivity index (χ1v) is 8.78. The zero-order chi connectivity index (χ0) is 16.7. The van der Waals surface area contributed by atoms with Gasteiger partial charge in [0.25, 0.3) is 0 Å². The van der Waals surface area contributed by atoms with Gasteiger partial charge >= 0.3 is 0 Å². The SMILES string of the molecule is CCOc1ccc(C(C)NC(=O)Cc2ccsc2)cc1OCC. The van der Waals surface area contributed by atoms with Crippen LogP contribution in [0.15, 0.2) is 35.0 Å². The molecular weight excluding hydrogens is 310 g/mol. The lowest BCUT2D eigenvalue weighted by Gasteiger charge is -2.17. The van der Waals surface area contributed by atoms with Gasteiger partial charge in [0.2, 0.25) is 5.91 Å². The van der Waals surface area contributed by atoms with Crippen molar-refractivity contribution in [3.05, 3.63) is 46.2 Å². The highest BCUT2D eigenvalue weighted by Gasteiger charge is 2.13. The molecule has 0 saturated carbocycles. The fourth-order valence-corrected chi connectivity index (χ4v) is 2.96. The van der Waals surface area contributed by atoms with Crippen LogP contribution < -0.4 is 14.8 Å². The third-order valence-corrected chi connectivity index (χ3v) is 4.12. The first-order chi connectivity index (χ1) is 11.1. The molecule has 1 aromatic heterocycles. The number of nitrogens with one attached hydrogen (secondary N) is 1. The fourth-order valence-electron chi connectivity index (χ4n) is 2.29. The van der Waals surface area contributed by atoms with Crippen molar-refractivity contribution in [3.63, 3.8) is 0 Å². The lowest BCUT2D eigenvalue weighted by Crippen LogP contribution is -2.28. The molecule has 1 atom stereocenters. The summed E-state index contributed by atoms with van der Waals surface area (Å²) in [4.78, 5) is 12.1. The van der Waals surface area contributed by atoms with Gasteiger partial charge in [-0.05, 0) is 60.9 Å². The number of thiophene rings is 1. The second-order valence-electron chi connectivity index (χ2n) is 5.17. The van der Waals surface area contributed by atoms with Crippen molar-refractivity contribution < 1.29 is 14.3 Å². The summed E-state index contributed by atoms with van der Waals surface area (Å²) in [6, 6.07) is 7.67. The number of carbonyl (C=O) groups excluding carboxylic acids is 1. The van der Waals surface area contributed by atoms with Gasteiger partial charge in [-0.3, -0.25) is 4.79 Å². The van der Waals surface area contributed by atoms with Gasteiger partial charge < -0.3 is 14.8 Å². The average Bonchev–Trinajstić information content (AvgIpc) is 3.02. The summed E-state index contributed by atoms with van der Waals surface area (Å²) in [5, 5.41) is 7.00. The molecule has 0 aliphatic heterocycles. The van der Waals surface area contributed by atoms with Gasteiger partial charge in [-0.1, -0.05) is 6.07 Å². The minimum absolute atomic E-state index is 0.0164. The van der Waals surface area contributed by atoms with Gasteiger partial charge in [0.05, 0.1) is 25.7 Å². The van der Waals surface area contributed by atoms with Gasteiger partial charge in [0.1, 0.15) is 0 Å². The van der Waals surface area contributed by atoms with Crippen LogP contribution in [0.4, 0.5) is 0 Å². The monoisotopic (exact) mass is 333 g/mol. The number of hydrogen-bond acceptors (Lipinski definition) is 4. The molecule has 0 radical (unpaired) electrons. The van der Waals surface area contributed by atoms with E-state index in [1.54, 1.807) is 11.3 Å². The van der Waals surface area contributed by atoms with E-state index in [2.05, 4.69) is 5.32 Å². The fraction of sp³-hybridized carbons (Fsp3) is 0.389. The van der Waals surface area contributed by atoms with E-state index in [1.165, 1.54) is 0 Å². The molecule has 1 aromatic carbocycles. The van der Waals surface area contributed by atoms with Crippen LogP contribution in [0.5, 0.6) is 11.5 Å². The number of rotatable bonds is 8. The predicted octanol–water partition coefficient (Wildman–Crippen LogP) is 3.97. The van der Waals surface area contributed by atoms with E-state index in [0.29, 0.717) is 25.4 Å². The summed E-state index contributed by atoms with van der Waals surface area (Å²) in [5.74, 6) is 1.46. The van der Waals surface area contributed by atoms with Crippen molar-refractivity contribution in [1.29, 1.82) is 0 Å². The number of ether oxygens (including phenoxy) is 2. The number of hydrogen-bond donors (Lipinski definition) is 1. The maximum Gasteiger partial charge on any atom is 0.224 e. The minimum Gasteiger partial charge on any atom is -0.490 e. The molecule has 0 fully saturated rings. The van der Waals surface area contributed by atoms with Crippen LogP contribution in [0.25, 0.3) is 0 Å². The highest BCUT2D eigenvalue weighted by Crippen LogP contribution is 2.30. The molecule has 1 amide bonds. The van der Waals surface area contributed by atoms with Crippen molar-refractivity contribution >= 4 is 17.2 Å². The summed E-state index contributed by atoms with van der Waals surface area (Å²) in [5.41, 5.74) is 2.04. The lowest BCUT2D eigenvalue weighted by molar-refractivity contribution is -0.121. The number of carbonyl (C=O) groups is 1. The van der Waals surface area contributed by atoms with Crippen LogP contribution in [0.2, 0.25) is 0 Å². The van der Waals surface area contributed by atoms with E-state index in [1.807, 2.05) is 55.8 Å². The molecule has 1 N–H and O–H groups in total. The maximum absolute atomic E-state index is 12.1. The van der Waals surface area contributed by atoms with Gasteiger partial charge in [-0.25, -0.2) is 0 Å². The molecule has 1 heterocycles. The smallest absolute Gasteiger partial charge is 0.224 e. The van der Waals surface area contributed by atoms with Crippen LogP contribution in [0.3, 0.4) is 0 Å². The summed E-state index contributed by atoms with van der Waals surface area (Å²) >= 11 is 1.60. The summed E-state index contributed by atoms with van der Waals surface area (Å²) < 4.78 is 11.2. The van der Waals surface area contributed by atoms with Gasteiger partial charge in [0.15, 0.2) is 11.5 Å². The van der Waals surface area contributed by atoms with Crippen molar-refractivity contribution in [3.8, 4) is 11.5 Å². The Kier molecular flexibility index (Phi) is 6.47. The zero-order valence-corrected chi connectivity index (χ0v) is 14.6. The standard InChI is InChI=1S/C18H23NO3S/c1-4-21-16-7-6-15(11-17(16)22-5-2)13(3)19-18(20)10-14-8-9-23-12-14/h6-9,11-13H,4-5,10H2,1-3H3,(H,19,20). The molecule has 0 spiro atoms. The molecule has 2 aromatic rings. The molecular formula is C18H23NO3S. The normalized spacial score (nSPS) is 11.8. The van der Waals surface area contributed by atoms with E-state index in [4.69, 9.17) is 9.47 Å². The second-order valence-corrected chi connectivity index (χ2v) is 5.95. The Balaban J connectivity index is 2.04. The molecule has 0 aliphatic rings. The third-order valence-electron chi connectivity index (χ3n) is 3.39. The number of benzene rings is 1. The van der Waals surface area contributed by atoms with E-state index < -0.39 is 0 Å². The summed E-state index contributed by atoms with van der Waals surface area (Å²) in [6.07, 6.45) is 0.406. The molecule has 124 valence electrons. The zero-order valence-electron chi connectivity index (χ0n) is 13.8. The minimum atomic E-state index is -0.0870. The van der Waals surface area contributed by atoms with E-state index in [-0.39, 0.29) is 11.9 Å². The van der Waals surface area contributed by atoms with Crippen LogP contribution in [0.1, 0.15) is 37.9 Å². The Hall–Kier alpha value is -2.01. The third kappa shape index (κ3) is 4.99. The first kappa shape index (κ1) is 17.3. The maximum atomic E-state index is 12.1. The topological polar surface area (TPSA) is 47.6 Å². The van der Waals surface area contributed by atoms with Crippen LogP contribution in [-0.2, 0) is 11.2 Å². The van der Waals surface area contributed by atoms with Gasteiger partial charge in [0, 0.05) is 0 Å². The van der Waals surface area contributed by atoms with Crippen molar-refractivity contribution in [2.75, 3.05) is 13.2 Å². The summed E-state index contributed by atoms with van der Waals surface area (Å²) in [7, 11) is 0. The molecule has 23 heavy (non-hydrogen) atoms. The molecule has 1 unspecified atom stereocenters. The largest absolute Gasteiger partial charge is 0.490 e. The van der Waals surface area contributed by atoms with Crippen molar-refractivity contribution in [2.24, 2.45) is 0 Å². The Bertz CT molecular complexity index is 625. The van der Waals surface area contributed by atoms with Crippen LogP contribution >= 0.6 is 11.3 Å². The van der Waals surface area contributed by atoms with E-state index in [0.717, 1.165) is 16.9 Å². The average molecular weight is 333 g/mol. The summed E-state index contributed by atoms with van der Waals surface area (Å²) in [6.45, 7) is 7.01. The van der Waals surface area contributed by atoms with Crippen LogP contribution in [0, 0.1) is 0 Å². The second kappa shape index (κ2) is 8.58. The predicted molar refractivity (Wildman–Crippen MR) is 93.4 cm³/mol. The highest BCUT2D eigenvalue weighted by atomic mass is 32.1. The Morgan fingerprint density at radius 3 is 2.57 bits per heavy atom. The lowest BCUT2D eigenvalue weighted by atomic mass is 10.1. The molecule has 5 heteroatoms. The Morgan fingerprint density at radius 2 is 1.91 bits per heavy atom. The van der Waals surface area contributed by atoms with Crippen LogP contribution in [-0.4, -0.2) is 19.1 Å². The van der Waals surface area contributed by atoms with Crippen molar-refractivity contribution in [2.45, 2.75) is 33.2 Å². The quantitative estimate of drug-likeness (QED) is 0.795. The van der Waals surface area contributed by atoms with Gasteiger partial charge in [-0.2, -0.15) is 11.3 Å². The molecule has 2 rings (SSSR count). The van der Waals surface area contributed by atoms with Gasteiger partial charge in [-0.15, -0.1) is 0 Å². The van der Waals surface area contributed by atoms with E-state index >= 15 is 0 Å². The Labute approximate surface area is 141 Å². The number of amides is 1. The molecule has 4 nitrogen and oxygen atoms in total. The Morgan fingerprint density at radius 1 is 1.17 bits per heavy atom. The van der Waals surface area contributed by atoms with E-state index in [9.17, 15) is 4.79 Å². The molecule has 0 saturated heterocycles. The highest BCUT2D eigenvalue weighted by molar-refractivity contribution is 7.07.